The monoisotopic (exact) mass is 239 g/mol. The highest BCUT2D eigenvalue weighted by atomic mass is 16.4. The first-order valence-corrected chi connectivity index (χ1v) is 4.75. The summed E-state index contributed by atoms with van der Waals surface area (Å²) in [5.41, 5.74) is -0.186. The maximum absolute atomic E-state index is 11.0. The molecule has 2 aromatic rings. The fraction of sp³-hybridized carbons (Fsp3) is 0. The van der Waals surface area contributed by atoms with Gasteiger partial charge in [0, 0.05) is 6.20 Å². The Balaban J connectivity index is 2.72. The van der Waals surface area contributed by atoms with Gasteiger partial charge < -0.3 is 5.11 Å². The number of nitriles is 2. The topological polar surface area (TPSA) is 116 Å². The highest BCUT2D eigenvalue weighted by molar-refractivity contribution is 5.91. The Labute approximate surface area is 101 Å². The lowest BCUT2D eigenvalue weighted by Gasteiger charge is -2.05. The van der Waals surface area contributed by atoms with Gasteiger partial charge >= 0.3 is 5.97 Å². The normalized spacial score (nSPS) is 9.44. The molecule has 0 amide bonds. The van der Waals surface area contributed by atoms with Crippen molar-refractivity contribution in [1.82, 2.24) is 14.5 Å². The van der Waals surface area contributed by atoms with E-state index in [4.69, 9.17) is 15.6 Å². The minimum absolute atomic E-state index is 0.0429. The van der Waals surface area contributed by atoms with Gasteiger partial charge in [-0.3, -0.25) is 4.57 Å². The summed E-state index contributed by atoms with van der Waals surface area (Å²) in [5.74, 6) is -1.12. The maximum atomic E-state index is 11.0. The summed E-state index contributed by atoms with van der Waals surface area (Å²) in [5, 5.41) is 26.8. The summed E-state index contributed by atoms with van der Waals surface area (Å²) in [6, 6.07) is 6.39. The molecule has 1 N–H and O–H groups in total. The quantitative estimate of drug-likeness (QED) is 0.824. The van der Waals surface area contributed by atoms with Crippen molar-refractivity contribution in [3.05, 3.63) is 41.6 Å². The number of hydrogen-bond donors (Lipinski definition) is 1. The molecule has 0 aromatic carbocycles. The van der Waals surface area contributed by atoms with Crippen LogP contribution in [0, 0.1) is 22.7 Å². The third-order valence-corrected chi connectivity index (χ3v) is 2.22. The molecule has 7 heteroatoms. The van der Waals surface area contributed by atoms with Crippen molar-refractivity contribution in [3.63, 3.8) is 0 Å². The van der Waals surface area contributed by atoms with Gasteiger partial charge in [-0.25, -0.2) is 14.8 Å². The van der Waals surface area contributed by atoms with Gasteiger partial charge in [-0.1, -0.05) is 0 Å². The molecule has 2 heterocycles. The highest BCUT2D eigenvalue weighted by Crippen LogP contribution is 2.15. The minimum Gasteiger partial charge on any atom is -0.478 e. The zero-order chi connectivity index (χ0) is 13.1. The zero-order valence-electron chi connectivity index (χ0n) is 8.90. The number of imidazole rings is 1. The highest BCUT2D eigenvalue weighted by Gasteiger charge is 2.17. The molecule has 0 aliphatic rings. The molecule has 0 aliphatic heterocycles. The molecular weight excluding hydrogens is 234 g/mol. The van der Waals surface area contributed by atoms with Crippen LogP contribution in [0.3, 0.4) is 0 Å². The van der Waals surface area contributed by atoms with Crippen molar-refractivity contribution < 1.29 is 9.90 Å². The fourth-order valence-electron chi connectivity index (χ4n) is 1.45. The Morgan fingerprint density at radius 3 is 2.72 bits per heavy atom. The molecule has 0 atom stereocenters. The van der Waals surface area contributed by atoms with Gasteiger partial charge in [-0.2, -0.15) is 10.5 Å². The van der Waals surface area contributed by atoms with E-state index in [0.29, 0.717) is 0 Å². The predicted octanol–water partition coefficient (Wildman–Crippen LogP) is 0.709. The summed E-state index contributed by atoms with van der Waals surface area (Å²) < 4.78 is 1.18. The summed E-state index contributed by atoms with van der Waals surface area (Å²) in [7, 11) is 0. The van der Waals surface area contributed by atoms with Crippen LogP contribution in [0.1, 0.15) is 21.7 Å². The number of nitrogens with zero attached hydrogens (tertiary/aromatic N) is 5. The molecule has 0 radical (unpaired) electrons. The number of carbonyl (C=O) groups is 1. The smallest absolute Gasteiger partial charge is 0.339 e. The zero-order valence-corrected chi connectivity index (χ0v) is 8.90. The molecule has 7 nitrogen and oxygen atoms in total. The van der Waals surface area contributed by atoms with Crippen LogP contribution in [0.25, 0.3) is 5.82 Å². The first-order chi connectivity index (χ1) is 8.69. The van der Waals surface area contributed by atoms with Crippen LogP contribution in [0.2, 0.25) is 0 Å². The van der Waals surface area contributed by atoms with Crippen LogP contribution in [0.15, 0.2) is 24.7 Å². The van der Waals surface area contributed by atoms with Crippen LogP contribution in [0.4, 0.5) is 0 Å². The van der Waals surface area contributed by atoms with Crippen LogP contribution >= 0.6 is 0 Å². The van der Waals surface area contributed by atoms with Gasteiger partial charge in [0.25, 0.3) is 0 Å². The van der Waals surface area contributed by atoms with E-state index in [1.54, 1.807) is 12.1 Å². The molecule has 0 aliphatic carbocycles. The van der Waals surface area contributed by atoms with Crippen LogP contribution in [0.5, 0.6) is 0 Å². The van der Waals surface area contributed by atoms with Crippen molar-refractivity contribution in [2.45, 2.75) is 0 Å². The number of carboxylic acids is 1. The van der Waals surface area contributed by atoms with E-state index in [2.05, 4.69) is 9.97 Å². The van der Waals surface area contributed by atoms with Crippen molar-refractivity contribution in [2.75, 3.05) is 0 Å². The van der Waals surface area contributed by atoms with Crippen molar-refractivity contribution in [2.24, 2.45) is 0 Å². The Bertz CT molecular complexity index is 705. The van der Waals surface area contributed by atoms with E-state index in [0.717, 1.165) is 0 Å². The largest absolute Gasteiger partial charge is 0.478 e. The van der Waals surface area contributed by atoms with Gasteiger partial charge in [0.1, 0.15) is 24.0 Å². The van der Waals surface area contributed by atoms with Crippen molar-refractivity contribution in [1.29, 1.82) is 10.5 Å². The lowest BCUT2D eigenvalue weighted by atomic mass is 10.2. The second kappa shape index (κ2) is 4.36. The molecule has 2 rings (SSSR count). The molecule has 0 saturated heterocycles. The number of aromatic carboxylic acids is 1. The van der Waals surface area contributed by atoms with Crippen LogP contribution in [-0.2, 0) is 0 Å². The second-order valence-corrected chi connectivity index (χ2v) is 3.22. The average molecular weight is 239 g/mol. The Morgan fingerprint density at radius 2 is 2.11 bits per heavy atom. The Morgan fingerprint density at radius 1 is 1.33 bits per heavy atom. The van der Waals surface area contributed by atoms with E-state index in [-0.39, 0.29) is 22.8 Å². The third kappa shape index (κ3) is 1.66. The van der Waals surface area contributed by atoms with E-state index in [9.17, 15) is 4.79 Å². The number of aromatic nitrogens is 3. The number of rotatable bonds is 2. The van der Waals surface area contributed by atoms with Gasteiger partial charge in [-0.15, -0.1) is 0 Å². The molecule has 18 heavy (non-hydrogen) atoms. The molecule has 0 unspecified atom stereocenters. The lowest BCUT2D eigenvalue weighted by Crippen LogP contribution is -2.08. The molecule has 0 saturated carbocycles. The number of carboxylic acid groups (broad SMARTS) is 1. The third-order valence-electron chi connectivity index (χ3n) is 2.22. The van der Waals surface area contributed by atoms with Crippen molar-refractivity contribution in [3.8, 4) is 18.0 Å². The molecule has 2 aromatic heterocycles. The summed E-state index contributed by atoms with van der Waals surface area (Å²) >= 11 is 0. The SMILES string of the molecule is N#Cc1ncn(-c2ncccc2C(=O)O)c1C#N. The maximum Gasteiger partial charge on any atom is 0.339 e. The second-order valence-electron chi connectivity index (χ2n) is 3.22. The number of pyridine rings is 1. The Hall–Kier alpha value is -3.19. The Kier molecular flexibility index (Phi) is 2.73. The molecule has 0 fully saturated rings. The van der Waals surface area contributed by atoms with Crippen LogP contribution in [-0.4, -0.2) is 25.6 Å². The van der Waals surface area contributed by atoms with Gasteiger partial charge in [0.2, 0.25) is 0 Å². The summed E-state index contributed by atoms with van der Waals surface area (Å²) in [6.07, 6.45) is 2.60. The summed E-state index contributed by atoms with van der Waals surface area (Å²) in [4.78, 5) is 18.7. The van der Waals surface area contributed by atoms with E-state index < -0.39 is 5.97 Å². The number of hydrogen-bond acceptors (Lipinski definition) is 5. The van der Waals surface area contributed by atoms with Gasteiger partial charge in [0.15, 0.2) is 17.2 Å². The van der Waals surface area contributed by atoms with E-state index in [1.807, 2.05) is 0 Å². The van der Waals surface area contributed by atoms with Gasteiger partial charge in [-0.05, 0) is 12.1 Å². The van der Waals surface area contributed by atoms with Crippen molar-refractivity contribution >= 4 is 5.97 Å². The lowest BCUT2D eigenvalue weighted by molar-refractivity contribution is 0.0696. The first kappa shape index (κ1) is 11.3. The minimum atomic E-state index is -1.17. The molecule has 0 bridgehead atoms. The molecule has 0 spiro atoms. The average Bonchev–Trinajstić information content (AvgIpc) is 2.81. The van der Waals surface area contributed by atoms with Crippen LogP contribution < -0.4 is 0 Å². The summed E-state index contributed by atoms with van der Waals surface area (Å²) in [6.45, 7) is 0. The van der Waals surface area contributed by atoms with E-state index in [1.165, 1.54) is 29.2 Å². The standard InChI is InChI=1S/C11H5N5O2/c12-4-8-9(5-13)16(6-15-8)10-7(11(17)18)2-1-3-14-10/h1-3,6H,(H,17,18). The van der Waals surface area contributed by atoms with E-state index >= 15 is 0 Å². The fourth-order valence-corrected chi connectivity index (χ4v) is 1.45. The first-order valence-electron chi connectivity index (χ1n) is 4.75. The molecular formula is C11H5N5O2. The molecule has 86 valence electrons. The van der Waals surface area contributed by atoms with Gasteiger partial charge in [0.05, 0.1) is 0 Å². The predicted molar refractivity (Wildman–Crippen MR) is 57.7 cm³/mol.